The van der Waals surface area contributed by atoms with Crippen molar-refractivity contribution in [1.82, 2.24) is 4.90 Å². The Morgan fingerprint density at radius 3 is 3.00 bits per heavy atom. The SMILES string of the molecule is COCC(=O)N1CCC[C@H](C)C1. The van der Waals surface area contributed by atoms with Crippen LogP contribution in [0.15, 0.2) is 0 Å². The van der Waals surface area contributed by atoms with E-state index >= 15 is 0 Å². The predicted molar refractivity (Wildman–Crippen MR) is 46.9 cm³/mol. The molecule has 1 rings (SSSR count). The minimum atomic E-state index is 0.129. The standard InChI is InChI=1S/C9H17NO2/c1-8-4-3-5-10(6-8)9(11)7-12-2/h8H,3-7H2,1-2H3/t8-/m0/s1. The summed E-state index contributed by atoms with van der Waals surface area (Å²) in [5, 5.41) is 0. The van der Waals surface area contributed by atoms with E-state index in [4.69, 9.17) is 4.74 Å². The van der Waals surface area contributed by atoms with Crippen molar-refractivity contribution in [2.45, 2.75) is 19.8 Å². The van der Waals surface area contributed by atoms with Crippen LogP contribution in [0.25, 0.3) is 0 Å². The summed E-state index contributed by atoms with van der Waals surface area (Å²) < 4.78 is 4.80. The summed E-state index contributed by atoms with van der Waals surface area (Å²) in [4.78, 5) is 13.2. The van der Waals surface area contributed by atoms with Gasteiger partial charge in [-0.2, -0.15) is 0 Å². The first kappa shape index (κ1) is 9.52. The summed E-state index contributed by atoms with van der Waals surface area (Å²) in [6.07, 6.45) is 2.38. The third-order valence-corrected chi connectivity index (χ3v) is 2.28. The van der Waals surface area contributed by atoms with Crippen LogP contribution >= 0.6 is 0 Å². The molecule has 0 aromatic rings. The van der Waals surface area contributed by atoms with Gasteiger partial charge in [0.15, 0.2) is 0 Å². The van der Waals surface area contributed by atoms with Gasteiger partial charge in [0, 0.05) is 20.2 Å². The van der Waals surface area contributed by atoms with Crippen LogP contribution in [0.2, 0.25) is 0 Å². The Hall–Kier alpha value is -0.570. The lowest BCUT2D eigenvalue weighted by Gasteiger charge is -2.30. The molecule has 0 aliphatic carbocycles. The molecule has 0 aromatic carbocycles. The second-order valence-electron chi connectivity index (χ2n) is 3.52. The maximum atomic E-state index is 11.3. The molecule has 3 nitrogen and oxygen atoms in total. The van der Waals surface area contributed by atoms with E-state index in [1.807, 2.05) is 4.90 Å². The van der Waals surface area contributed by atoms with Crippen LogP contribution < -0.4 is 0 Å². The van der Waals surface area contributed by atoms with Crippen molar-refractivity contribution in [2.24, 2.45) is 5.92 Å². The van der Waals surface area contributed by atoms with Gasteiger partial charge in [0.25, 0.3) is 0 Å². The number of ether oxygens (including phenoxy) is 1. The molecule has 70 valence electrons. The number of piperidine rings is 1. The average Bonchev–Trinajstić information content (AvgIpc) is 2.05. The molecule has 0 radical (unpaired) electrons. The van der Waals surface area contributed by atoms with E-state index in [0.29, 0.717) is 5.92 Å². The summed E-state index contributed by atoms with van der Waals surface area (Å²) in [7, 11) is 1.56. The van der Waals surface area contributed by atoms with Gasteiger partial charge in [-0.15, -0.1) is 0 Å². The molecular formula is C9H17NO2. The average molecular weight is 171 g/mol. The van der Waals surface area contributed by atoms with Crippen LogP contribution in [0, 0.1) is 5.92 Å². The second kappa shape index (κ2) is 4.45. The number of hydrogen-bond acceptors (Lipinski definition) is 2. The maximum absolute atomic E-state index is 11.3. The molecule has 0 saturated carbocycles. The number of amides is 1. The van der Waals surface area contributed by atoms with E-state index in [-0.39, 0.29) is 12.5 Å². The third kappa shape index (κ3) is 2.48. The Balaban J connectivity index is 2.35. The number of rotatable bonds is 2. The predicted octanol–water partition coefficient (Wildman–Crippen LogP) is 0.891. The summed E-state index contributed by atoms with van der Waals surface area (Å²) in [5.41, 5.74) is 0. The van der Waals surface area contributed by atoms with Gasteiger partial charge in [-0.1, -0.05) is 6.92 Å². The van der Waals surface area contributed by atoms with E-state index < -0.39 is 0 Å². The molecule has 1 aliphatic heterocycles. The van der Waals surface area contributed by atoms with Gasteiger partial charge < -0.3 is 9.64 Å². The van der Waals surface area contributed by atoms with Gasteiger partial charge >= 0.3 is 0 Å². The summed E-state index contributed by atoms with van der Waals surface area (Å²) in [5.74, 6) is 0.781. The number of likely N-dealkylation sites (tertiary alicyclic amines) is 1. The number of carbonyl (C=O) groups excluding carboxylic acids is 1. The molecule has 0 bridgehead atoms. The van der Waals surface area contributed by atoms with Crippen LogP contribution in [-0.2, 0) is 9.53 Å². The summed E-state index contributed by atoms with van der Waals surface area (Å²) in [6.45, 7) is 4.23. The van der Waals surface area contributed by atoms with Crippen molar-refractivity contribution in [1.29, 1.82) is 0 Å². The van der Waals surface area contributed by atoms with E-state index in [2.05, 4.69) is 6.92 Å². The minimum absolute atomic E-state index is 0.129. The third-order valence-electron chi connectivity index (χ3n) is 2.28. The van der Waals surface area contributed by atoms with Crippen molar-refractivity contribution >= 4 is 5.91 Å². The van der Waals surface area contributed by atoms with Crippen molar-refractivity contribution in [2.75, 3.05) is 26.8 Å². The fraction of sp³-hybridized carbons (Fsp3) is 0.889. The fourth-order valence-corrected chi connectivity index (χ4v) is 1.63. The maximum Gasteiger partial charge on any atom is 0.248 e. The molecule has 0 N–H and O–H groups in total. The second-order valence-corrected chi connectivity index (χ2v) is 3.52. The highest BCUT2D eigenvalue weighted by atomic mass is 16.5. The monoisotopic (exact) mass is 171 g/mol. The Bertz CT molecular complexity index is 159. The molecule has 1 fully saturated rings. The Morgan fingerprint density at radius 1 is 1.67 bits per heavy atom. The smallest absolute Gasteiger partial charge is 0.248 e. The lowest BCUT2D eigenvalue weighted by Crippen LogP contribution is -2.40. The van der Waals surface area contributed by atoms with Gasteiger partial charge in [0.1, 0.15) is 6.61 Å². The van der Waals surface area contributed by atoms with Crippen molar-refractivity contribution in [3.05, 3.63) is 0 Å². The molecule has 1 amide bonds. The van der Waals surface area contributed by atoms with Gasteiger partial charge in [-0.05, 0) is 18.8 Å². The number of nitrogens with zero attached hydrogens (tertiary/aromatic N) is 1. The topological polar surface area (TPSA) is 29.5 Å². The Kier molecular flexibility index (Phi) is 3.53. The number of hydrogen-bond donors (Lipinski definition) is 0. The van der Waals surface area contributed by atoms with Crippen LogP contribution in [-0.4, -0.2) is 37.6 Å². The molecule has 1 heterocycles. The Morgan fingerprint density at radius 2 is 2.42 bits per heavy atom. The highest BCUT2D eigenvalue weighted by molar-refractivity contribution is 5.77. The minimum Gasteiger partial charge on any atom is -0.375 e. The van der Waals surface area contributed by atoms with E-state index in [9.17, 15) is 4.79 Å². The van der Waals surface area contributed by atoms with E-state index in [1.54, 1.807) is 7.11 Å². The molecule has 1 atom stereocenters. The van der Waals surface area contributed by atoms with E-state index in [0.717, 1.165) is 19.5 Å². The van der Waals surface area contributed by atoms with Gasteiger partial charge in [-0.25, -0.2) is 0 Å². The van der Waals surface area contributed by atoms with Gasteiger partial charge in [0.05, 0.1) is 0 Å². The van der Waals surface area contributed by atoms with Gasteiger partial charge in [0.2, 0.25) is 5.91 Å². The van der Waals surface area contributed by atoms with Crippen molar-refractivity contribution in [3.63, 3.8) is 0 Å². The van der Waals surface area contributed by atoms with Crippen LogP contribution in [0.5, 0.6) is 0 Å². The molecule has 1 saturated heterocycles. The molecule has 3 heteroatoms. The first-order valence-electron chi connectivity index (χ1n) is 4.50. The zero-order chi connectivity index (χ0) is 8.97. The molecule has 0 spiro atoms. The molecule has 1 aliphatic rings. The number of carbonyl (C=O) groups is 1. The lowest BCUT2D eigenvalue weighted by molar-refractivity contribution is -0.136. The van der Waals surface area contributed by atoms with Crippen LogP contribution in [0.4, 0.5) is 0 Å². The quantitative estimate of drug-likeness (QED) is 0.617. The highest BCUT2D eigenvalue weighted by Crippen LogP contribution is 2.15. The molecular weight excluding hydrogens is 154 g/mol. The van der Waals surface area contributed by atoms with Crippen molar-refractivity contribution < 1.29 is 9.53 Å². The lowest BCUT2D eigenvalue weighted by atomic mass is 10.0. The summed E-state index contributed by atoms with van der Waals surface area (Å²) in [6, 6.07) is 0. The van der Waals surface area contributed by atoms with Gasteiger partial charge in [-0.3, -0.25) is 4.79 Å². The van der Waals surface area contributed by atoms with Crippen LogP contribution in [0.3, 0.4) is 0 Å². The van der Waals surface area contributed by atoms with E-state index in [1.165, 1.54) is 6.42 Å². The van der Waals surface area contributed by atoms with Crippen LogP contribution in [0.1, 0.15) is 19.8 Å². The number of methoxy groups -OCH3 is 1. The fourth-order valence-electron chi connectivity index (χ4n) is 1.63. The molecule has 12 heavy (non-hydrogen) atoms. The Labute approximate surface area is 73.7 Å². The first-order valence-corrected chi connectivity index (χ1v) is 4.50. The zero-order valence-corrected chi connectivity index (χ0v) is 7.88. The zero-order valence-electron chi connectivity index (χ0n) is 7.88. The molecule has 0 aromatic heterocycles. The highest BCUT2D eigenvalue weighted by Gasteiger charge is 2.20. The molecule has 0 unspecified atom stereocenters. The summed E-state index contributed by atoms with van der Waals surface area (Å²) >= 11 is 0. The van der Waals surface area contributed by atoms with Crippen molar-refractivity contribution in [3.8, 4) is 0 Å². The normalized spacial score (nSPS) is 24.2. The largest absolute Gasteiger partial charge is 0.375 e. The first-order chi connectivity index (χ1) is 5.74.